The first-order chi connectivity index (χ1) is 11.5. The van der Waals surface area contributed by atoms with Gasteiger partial charge < -0.3 is 25.2 Å². The molecule has 2 aromatic rings. The average molecular weight is 332 g/mol. The van der Waals surface area contributed by atoms with Crippen LogP contribution in [-0.2, 0) is 6.42 Å². The third kappa shape index (κ3) is 4.63. The van der Waals surface area contributed by atoms with Crippen molar-refractivity contribution in [2.45, 2.75) is 26.2 Å². The van der Waals surface area contributed by atoms with Gasteiger partial charge in [-0.1, -0.05) is 19.1 Å². The zero-order valence-corrected chi connectivity index (χ0v) is 13.8. The van der Waals surface area contributed by atoms with Gasteiger partial charge in [-0.15, -0.1) is 0 Å². The van der Waals surface area contributed by atoms with Crippen molar-refractivity contribution >= 4 is 0 Å². The third-order valence-electron chi connectivity index (χ3n) is 3.99. The summed E-state index contributed by atoms with van der Waals surface area (Å²) in [7, 11) is 0. The lowest BCUT2D eigenvalue weighted by Crippen LogP contribution is -2.02. The Morgan fingerprint density at radius 2 is 1.71 bits per heavy atom. The Morgan fingerprint density at radius 1 is 1.00 bits per heavy atom. The van der Waals surface area contributed by atoms with Crippen LogP contribution in [0.3, 0.4) is 0 Å². The van der Waals surface area contributed by atoms with Crippen LogP contribution < -0.4 is 4.74 Å². The first-order valence-corrected chi connectivity index (χ1v) is 8.07. The number of ether oxygens (including phenoxy) is 1. The molecule has 0 atom stereocenters. The normalized spacial score (nSPS) is 11.8. The summed E-state index contributed by atoms with van der Waals surface area (Å²) in [6, 6.07) is 10.2. The number of phenolic OH excluding ortho intramolecular Hbond substituents is 2. The van der Waals surface area contributed by atoms with Crippen molar-refractivity contribution in [1.82, 2.24) is 0 Å². The van der Waals surface area contributed by atoms with E-state index < -0.39 is 0 Å². The number of hydrogen-bond acceptors (Lipinski definition) is 5. The molecule has 5 nitrogen and oxygen atoms in total. The van der Waals surface area contributed by atoms with Gasteiger partial charge in [-0.05, 0) is 42.5 Å². The van der Waals surface area contributed by atoms with Crippen LogP contribution in [0.2, 0.25) is 0 Å². The van der Waals surface area contributed by atoms with E-state index in [0.29, 0.717) is 23.8 Å². The summed E-state index contributed by atoms with van der Waals surface area (Å²) in [5.74, 6) is 2.19. The van der Waals surface area contributed by atoms with E-state index in [4.69, 9.17) is 14.9 Å². The molecule has 0 radical (unpaired) electrons. The standard InChI is InChI=1S/C13H10O3.C6H14O2/c14-9-5-4-8-6-10-11(15)2-1-3-12(10)16-13(8)7-9;1-6(2-4-7)3-5-8/h1-5,7,14-15H,6H2;6-8H,2-5H2,1H3. The van der Waals surface area contributed by atoms with Crippen LogP contribution in [0.5, 0.6) is 23.0 Å². The monoisotopic (exact) mass is 332 g/mol. The molecule has 4 N–H and O–H groups in total. The predicted octanol–water partition coefficient (Wildman–Crippen LogP) is 3.18. The molecule has 24 heavy (non-hydrogen) atoms. The lowest BCUT2D eigenvalue weighted by atomic mass is 9.99. The molecule has 0 saturated heterocycles. The molecule has 0 aromatic heterocycles. The van der Waals surface area contributed by atoms with E-state index in [-0.39, 0.29) is 24.7 Å². The number of aliphatic hydroxyl groups excluding tert-OH is 2. The summed E-state index contributed by atoms with van der Waals surface area (Å²) in [6.45, 7) is 2.49. The van der Waals surface area contributed by atoms with E-state index in [9.17, 15) is 10.2 Å². The van der Waals surface area contributed by atoms with Crippen molar-refractivity contribution in [2.75, 3.05) is 13.2 Å². The average Bonchev–Trinajstić information content (AvgIpc) is 2.55. The summed E-state index contributed by atoms with van der Waals surface area (Å²) in [5.41, 5.74) is 1.76. The number of phenols is 2. The molecule has 0 bridgehead atoms. The minimum atomic E-state index is 0.183. The molecule has 5 heteroatoms. The van der Waals surface area contributed by atoms with Crippen LogP contribution >= 0.6 is 0 Å². The van der Waals surface area contributed by atoms with Gasteiger partial charge in [-0.2, -0.15) is 0 Å². The van der Waals surface area contributed by atoms with Crippen molar-refractivity contribution in [3.63, 3.8) is 0 Å². The van der Waals surface area contributed by atoms with Crippen molar-refractivity contribution in [3.05, 3.63) is 47.5 Å². The lowest BCUT2D eigenvalue weighted by molar-refractivity contribution is 0.223. The second-order valence-corrected chi connectivity index (χ2v) is 5.95. The Labute approximate surface area is 141 Å². The molecule has 0 fully saturated rings. The minimum Gasteiger partial charge on any atom is -0.508 e. The Morgan fingerprint density at radius 3 is 2.38 bits per heavy atom. The molecular weight excluding hydrogens is 308 g/mol. The first kappa shape index (κ1) is 18.1. The molecule has 1 aliphatic rings. The Balaban J connectivity index is 0.000000224. The van der Waals surface area contributed by atoms with Gasteiger partial charge in [0.05, 0.1) is 0 Å². The van der Waals surface area contributed by atoms with E-state index >= 15 is 0 Å². The SMILES string of the molecule is CC(CCO)CCO.Oc1ccc2c(c1)Oc1cccc(O)c1C2. The van der Waals surface area contributed by atoms with Crippen LogP contribution in [0.4, 0.5) is 0 Å². The number of rotatable bonds is 4. The predicted molar refractivity (Wildman–Crippen MR) is 91.7 cm³/mol. The zero-order chi connectivity index (χ0) is 17.5. The molecule has 0 amide bonds. The van der Waals surface area contributed by atoms with E-state index in [1.54, 1.807) is 30.3 Å². The lowest BCUT2D eigenvalue weighted by Gasteiger charge is -2.20. The highest BCUT2D eigenvalue weighted by atomic mass is 16.5. The van der Waals surface area contributed by atoms with E-state index in [2.05, 4.69) is 0 Å². The Kier molecular flexibility index (Phi) is 6.46. The second-order valence-electron chi connectivity index (χ2n) is 5.95. The van der Waals surface area contributed by atoms with Gasteiger partial charge in [0.15, 0.2) is 0 Å². The smallest absolute Gasteiger partial charge is 0.134 e. The summed E-state index contributed by atoms with van der Waals surface area (Å²) < 4.78 is 5.62. The molecular formula is C19H24O5. The fourth-order valence-corrected chi connectivity index (χ4v) is 2.51. The van der Waals surface area contributed by atoms with Gasteiger partial charge in [0.25, 0.3) is 0 Å². The quantitative estimate of drug-likeness (QED) is 0.589. The fourth-order valence-electron chi connectivity index (χ4n) is 2.51. The van der Waals surface area contributed by atoms with Gasteiger partial charge in [-0.25, -0.2) is 0 Å². The van der Waals surface area contributed by atoms with Gasteiger partial charge >= 0.3 is 0 Å². The van der Waals surface area contributed by atoms with Crippen LogP contribution in [0, 0.1) is 5.92 Å². The molecule has 1 heterocycles. The highest BCUT2D eigenvalue weighted by Crippen LogP contribution is 2.41. The summed E-state index contributed by atoms with van der Waals surface area (Å²) in [6.07, 6.45) is 2.23. The highest BCUT2D eigenvalue weighted by molar-refractivity contribution is 5.55. The molecule has 0 aliphatic carbocycles. The highest BCUT2D eigenvalue weighted by Gasteiger charge is 2.19. The third-order valence-corrected chi connectivity index (χ3v) is 3.99. The maximum atomic E-state index is 9.71. The number of fused-ring (bicyclic) bond motifs is 2. The van der Waals surface area contributed by atoms with Gasteiger partial charge in [0.2, 0.25) is 0 Å². The maximum absolute atomic E-state index is 9.71. The number of aromatic hydroxyl groups is 2. The summed E-state index contributed by atoms with van der Waals surface area (Å²) >= 11 is 0. The van der Waals surface area contributed by atoms with Crippen LogP contribution in [0.1, 0.15) is 30.9 Å². The van der Waals surface area contributed by atoms with Crippen molar-refractivity contribution in [3.8, 4) is 23.0 Å². The molecule has 0 unspecified atom stereocenters. The number of hydrogen-bond donors (Lipinski definition) is 4. The van der Waals surface area contributed by atoms with Gasteiger partial charge in [-0.3, -0.25) is 0 Å². The zero-order valence-electron chi connectivity index (χ0n) is 13.8. The van der Waals surface area contributed by atoms with Crippen LogP contribution in [-0.4, -0.2) is 33.6 Å². The number of aliphatic hydroxyl groups is 2. The Hall–Kier alpha value is -2.24. The van der Waals surface area contributed by atoms with Gasteiger partial charge in [0.1, 0.15) is 23.0 Å². The first-order valence-electron chi connectivity index (χ1n) is 8.07. The van der Waals surface area contributed by atoms with E-state index in [0.717, 1.165) is 24.0 Å². The molecule has 0 saturated carbocycles. The molecule has 0 spiro atoms. The maximum Gasteiger partial charge on any atom is 0.134 e. The largest absolute Gasteiger partial charge is 0.508 e. The van der Waals surface area contributed by atoms with Gasteiger partial charge in [0, 0.05) is 31.3 Å². The van der Waals surface area contributed by atoms with Crippen molar-refractivity contribution in [1.29, 1.82) is 0 Å². The fraction of sp³-hybridized carbons (Fsp3) is 0.368. The number of benzene rings is 2. The van der Waals surface area contributed by atoms with Crippen LogP contribution in [0.25, 0.3) is 0 Å². The molecule has 1 aliphatic heterocycles. The van der Waals surface area contributed by atoms with Crippen LogP contribution in [0.15, 0.2) is 36.4 Å². The van der Waals surface area contributed by atoms with Crippen molar-refractivity contribution in [2.24, 2.45) is 5.92 Å². The Bertz CT molecular complexity index is 663. The van der Waals surface area contributed by atoms with Crippen molar-refractivity contribution < 1.29 is 25.2 Å². The van der Waals surface area contributed by atoms with E-state index in [1.165, 1.54) is 0 Å². The molecule has 3 rings (SSSR count). The second kappa shape index (κ2) is 8.57. The molecule has 2 aromatic carbocycles. The molecule has 130 valence electrons. The summed E-state index contributed by atoms with van der Waals surface area (Å²) in [5, 5.41) is 35.8. The summed E-state index contributed by atoms with van der Waals surface area (Å²) in [4.78, 5) is 0. The topological polar surface area (TPSA) is 90.2 Å². The minimum absolute atomic E-state index is 0.183. The van der Waals surface area contributed by atoms with E-state index in [1.807, 2.05) is 13.0 Å².